The highest BCUT2D eigenvalue weighted by Crippen LogP contribution is 2.38. The summed E-state index contributed by atoms with van der Waals surface area (Å²) >= 11 is 1.49. The number of nitrogens with one attached hydrogen (secondary N) is 1. The van der Waals surface area contributed by atoms with Crippen molar-refractivity contribution in [3.8, 4) is 0 Å². The first-order valence-corrected chi connectivity index (χ1v) is 9.76. The van der Waals surface area contributed by atoms with Gasteiger partial charge in [0.05, 0.1) is 12.2 Å². The standard InChI is InChI=1S/C20H22FNO3S/c1-2-25-20(24)18-15-5-3-4-6-16(15)26-19(18)22-17(23)12-9-13-7-10-14(21)11-8-13/h7-8,10-11H,2-6,9,12H2,1H3,(H,22,23). The van der Waals surface area contributed by atoms with E-state index in [2.05, 4.69) is 5.32 Å². The van der Waals surface area contributed by atoms with Crippen molar-refractivity contribution >= 4 is 28.2 Å². The highest BCUT2D eigenvalue weighted by Gasteiger charge is 2.27. The SMILES string of the molecule is CCOC(=O)c1c(NC(=O)CCc2ccc(F)cc2)sc2c1CCCC2. The Labute approximate surface area is 156 Å². The molecule has 26 heavy (non-hydrogen) atoms. The van der Waals surface area contributed by atoms with Gasteiger partial charge in [0.25, 0.3) is 0 Å². The Kier molecular flexibility index (Phi) is 6.04. The third-order valence-electron chi connectivity index (χ3n) is 4.46. The van der Waals surface area contributed by atoms with Crippen LogP contribution in [-0.4, -0.2) is 18.5 Å². The lowest BCUT2D eigenvalue weighted by Crippen LogP contribution is -2.16. The highest BCUT2D eigenvalue weighted by molar-refractivity contribution is 7.17. The second kappa shape index (κ2) is 8.45. The lowest BCUT2D eigenvalue weighted by Gasteiger charge is -2.12. The molecule has 4 nitrogen and oxygen atoms in total. The molecular weight excluding hydrogens is 353 g/mol. The molecule has 0 bridgehead atoms. The van der Waals surface area contributed by atoms with E-state index in [4.69, 9.17) is 4.74 Å². The molecule has 1 aliphatic rings. The summed E-state index contributed by atoms with van der Waals surface area (Å²) in [5.41, 5.74) is 2.47. The monoisotopic (exact) mass is 375 g/mol. The number of hydrogen-bond acceptors (Lipinski definition) is 4. The van der Waals surface area contributed by atoms with Crippen LogP contribution >= 0.6 is 11.3 Å². The van der Waals surface area contributed by atoms with Crippen molar-refractivity contribution in [1.29, 1.82) is 0 Å². The first kappa shape index (κ1) is 18.6. The quantitative estimate of drug-likeness (QED) is 0.756. The van der Waals surface area contributed by atoms with Crippen LogP contribution in [-0.2, 0) is 28.8 Å². The number of thiophene rings is 1. The first-order chi connectivity index (χ1) is 12.6. The predicted molar refractivity (Wildman–Crippen MR) is 100 cm³/mol. The van der Waals surface area contributed by atoms with Crippen LogP contribution in [0.3, 0.4) is 0 Å². The molecule has 3 rings (SSSR count). The highest BCUT2D eigenvalue weighted by atomic mass is 32.1. The molecule has 0 atom stereocenters. The van der Waals surface area contributed by atoms with Crippen LogP contribution in [0.1, 0.15) is 52.5 Å². The third-order valence-corrected chi connectivity index (χ3v) is 5.67. The summed E-state index contributed by atoms with van der Waals surface area (Å²) in [5, 5.41) is 3.49. The maximum Gasteiger partial charge on any atom is 0.341 e. The number of ether oxygens (including phenoxy) is 1. The van der Waals surface area contributed by atoms with Gasteiger partial charge in [-0.2, -0.15) is 0 Å². The van der Waals surface area contributed by atoms with Crippen LogP contribution in [0.15, 0.2) is 24.3 Å². The summed E-state index contributed by atoms with van der Waals surface area (Å²) in [6.07, 6.45) is 4.74. The number of halogens is 1. The number of amides is 1. The van der Waals surface area contributed by atoms with Gasteiger partial charge in [-0.05, 0) is 62.3 Å². The summed E-state index contributed by atoms with van der Waals surface area (Å²) < 4.78 is 18.1. The minimum Gasteiger partial charge on any atom is -0.462 e. The van der Waals surface area contributed by atoms with Gasteiger partial charge in [-0.3, -0.25) is 4.79 Å². The zero-order valence-electron chi connectivity index (χ0n) is 14.8. The van der Waals surface area contributed by atoms with Gasteiger partial charge in [-0.15, -0.1) is 11.3 Å². The van der Waals surface area contributed by atoms with Gasteiger partial charge in [-0.25, -0.2) is 9.18 Å². The van der Waals surface area contributed by atoms with E-state index in [9.17, 15) is 14.0 Å². The van der Waals surface area contributed by atoms with Gasteiger partial charge >= 0.3 is 5.97 Å². The summed E-state index contributed by atoms with van der Waals surface area (Å²) in [6.45, 7) is 2.08. The maximum atomic E-state index is 12.9. The molecule has 0 unspecified atom stereocenters. The fourth-order valence-electron chi connectivity index (χ4n) is 3.17. The molecule has 1 aromatic carbocycles. The number of rotatable bonds is 6. The van der Waals surface area contributed by atoms with Crippen LogP contribution in [0.5, 0.6) is 0 Å². The summed E-state index contributed by atoms with van der Waals surface area (Å²) in [4.78, 5) is 25.9. The second-order valence-electron chi connectivity index (χ2n) is 6.31. The molecule has 0 fully saturated rings. The van der Waals surface area contributed by atoms with Crippen LogP contribution in [0.2, 0.25) is 0 Å². The average Bonchev–Trinajstić information content (AvgIpc) is 2.99. The minimum atomic E-state index is -0.360. The number of anilines is 1. The number of esters is 1. The molecule has 0 saturated heterocycles. The number of hydrogen-bond donors (Lipinski definition) is 1. The lowest BCUT2D eigenvalue weighted by molar-refractivity contribution is -0.116. The van der Waals surface area contributed by atoms with Gasteiger partial charge < -0.3 is 10.1 Å². The van der Waals surface area contributed by atoms with Gasteiger partial charge in [0.15, 0.2) is 0 Å². The minimum absolute atomic E-state index is 0.154. The molecule has 0 radical (unpaired) electrons. The average molecular weight is 375 g/mol. The predicted octanol–water partition coefficient (Wildman–Crippen LogP) is 4.51. The molecule has 2 aromatic rings. The molecule has 0 aliphatic heterocycles. The number of benzene rings is 1. The van der Waals surface area contributed by atoms with Gasteiger partial charge in [0.2, 0.25) is 5.91 Å². The molecule has 1 aromatic heterocycles. The van der Waals surface area contributed by atoms with Crippen LogP contribution in [0.25, 0.3) is 0 Å². The molecule has 0 saturated carbocycles. The summed E-state index contributed by atoms with van der Waals surface area (Å²) in [5.74, 6) is -0.805. The largest absolute Gasteiger partial charge is 0.462 e. The smallest absolute Gasteiger partial charge is 0.341 e. The van der Waals surface area contributed by atoms with E-state index < -0.39 is 0 Å². The van der Waals surface area contributed by atoms with Crippen LogP contribution in [0, 0.1) is 5.82 Å². The molecule has 1 heterocycles. The Bertz CT molecular complexity index is 798. The Morgan fingerprint density at radius 1 is 1.19 bits per heavy atom. The normalized spacial score (nSPS) is 13.2. The van der Waals surface area contributed by atoms with Gasteiger partial charge in [0.1, 0.15) is 10.8 Å². The van der Waals surface area contributed by atoms with E-state index >= 15 is 0 Å². The second-order valence-corrected chi connectivity index (χ2v) is 7.42. The third kappa shape index (κ3) is 4.30. The summed E-state index contributed by atoms with van der Waals surface area (Å²) in [6, 6.07) is 6.13. The molecular formula is C20H22FNO3S. The van der Waals surface area contributed by atoms with Crippen molar-refractivity contribution in [2.75, 3.05) is 11.9 Å². The van der Waals surface area contributed by atoms with Crippen LogP contribution in [0.4, 0.5) is 9.39 Å². The fourth-order valence-corrected chi connectivity index (χ4v) is 4.46. The van der Waals surface area contributed by atoms with Crippen LogP contribution < -0.4 is 5.32 Å². The van der Waals surface area contributed by atoms with E-state index in [0.717, 1.165) is 36.8 Å². The molecule has 6 heteroatoms. The molecule has 0 spiro atoms. The molecule has 1 aliphatic carbocycles. The topological polar surface area (TPSA) is 55.4 Å². The van der Waals surface area contributed by atoms with Crippen molar-refractivity contribution in [3.63, 3.8) is 0 Å². The zero-order chi connectivity index (χ0) is 18.5. The molecule has 1 amide bonds. The fraction of sp³-hybridized carbons (Fsp3) is 0.400. The Morgan fingerprint density at radius 2 is 1.92 bits per heavy atom. The van der Waals surface area contributed by atoms with Crippen molar-refractivity contribution < 1.29 is 18.7 Å². The van der Waals surface area contributed by atoms with E-state index in [0.29, 0.717) is 23.6 Å². The molecule has 138 valence electrons. The Hall–Kier alpha value is -2.21. The summed E-state index contributed by atoms with van der Waals surface area (Å²) in [7, 11) is 0. The van der Waals surface area contributed by atoms with Crippen molar-refractivity contribution in [3.05, 3.63) is 51.7 Å². The zero-order valence-corrected chi connectivity index (χ0v) is 15.6. The van der Waals surface area contributed by atoms with Crippen molar-refractivity contribution in [1.82, 2.24) is 0 Å². The van der Waals surface area contributed by atoms with Gasteiger partial charge in [0, 0.05) is 11.3 Å². The van der Waals surface area contributed by atoms with E-state index in [1.807, 2.05) is 0 Å². The van der Waals surface area contributed by atoms with Gasteiger partial charge in [-0.1, -0.05) is 12.1 Å². The van der Waals surface area contributed by atoms with Crippen molar-refractivity contribution in [2.45, 2.75) is 45.4 Å². The number of carbonyl (C=O) groups is 2. The van der Waals surface area contributed by atoms with E-state index in [-0.39, 0.29) is 24.1 Å². The number of fused-ring (bicyclic) bond motifs is 1. The first-order valence-electron chi connectivity index (χ1n) is 8.94. The Morgan fingerprint density at radius 3 is 2.65 bits per heavy atom. The lowest BCUT2D eigenvalue weighted by atomic mass is 9.95. The Balaban J connectivity index is 1.71. The maximum absolute atomic E-state index is 12.9. The van der Waals surface area contributed by atoms with E-state index in [1.54, 1.807) is 19.1 Å². The molecule has 1 N–H and O–H groups in total. The van der Waals surface area contributed by atoms with E-state index in [1.165, 1.54) is 28.3 Å². The number of carbonyl (C=O) groups excluding carboxylic acids is 2. The van der Waals surface area contributed by atoms with Crippen molar-refractivity contribution in [2.24, 2.45) is 0 Å². The number of aryl methyl sites for hydroxylation is 2.